The molecule has 12 heteroatoms. The monoisotopic (exact) mass is 496 g/mol. The number of esters is 4. The molecule has 0 unspecified atom stereocenters. The van der Waals surface area contributed by atoms with Crippen molar-refractivity contribution in [1.29, 1.82) is 0 Å². The lowest BCUT2D eigenvalue weighted by Crippen LogP contribution is -2.63. The van der Waals surface area contributed by atoms with Gasteiger partial charge in [0.15, 0.2) is 18.0 Å². The van der Waals surface area contributed by atoms with E-state index in [1.165, 1.54) is 18.2 Å². The maximum atomic E-state index is 12.4. The number of benzene rings is 1. The maximum Gasteiger partial charge on any atom is 0.303 e. The molecule has 0 aliphatic carbocycles. The van der Waals surface area contributed by atoms with Crippen molar-refractivity contribution in [3.8, 4) is 11.5 Å². The van der Waals surface area contributed by atoms with E-state index in [4.69, 9.17) is 28.4 Å². The van der Waals surface area contributed by atoms with E-state index in [9.17, 15) is 29.1 Å². The Morgan fingerprint density at radius 2 is 1.43 bits per heavy atom. The molecule has 1 aliphatic rings. The van der Waals surface area contributed by atoms with Crippen LogP contribution >= 0.6 is 0 Å². The van der Waals surface area contributed by atoms with Crippen molar-refractivity contribution in [2.45, 2.75) is 71.7 Å². The number of ether oxygens (including phenoxy) is 6. The Morgan fingerprint density at radius 3 is 1.97 bits per heavy atom. The molecule has 1 N–H and O–H groups in total. The summed E-state index contributed by atoms with van der Waals surface area (Å²) >= 11 is 0. The lowest BCUT2D eigenvalue weighted by atomic mass is 9.98. The second-order valence-electron chi connectivity index (χ2n) is 7.61. The quantitative estimate of drug-likeness (QED) is 0.298. The van der Waals surface area contributed by atoms with E-state index in [0.29, 0.717) is 0 Å². The number of hydrogen-bond acceptors (Lipinski definition) is 12. The number of hydrogen-bond donors (Lipinski definition) is 1. The molecule has 0 radical (unpaired) electrons. The van der Waals surface area contributed by atoms with Crippen molar-refractivity contribution in [1.82, 2.24) is 0 Å². The fourth-order valence-corrected chi connectivity index (χ4v) is 3.48. The van der Waals surface area contributed by atoms with Gasteiger partial charge in [-0.15, -0.1) is 0 Å². The van der Waals surface area contributed by atoms with E-state index in [2.05, 4.69) is 0 Å². The van der Waals surface area contributed by atoms with Crippen LogP contribution in [0, 0.1) is 0 Å². The molecule has 5 atom stereocenters. The molecule has 2 rings (SSSR count). The van der Waals surface area contributed by atoms with Crippen LogP contribution in [0.5, 0.6) is 11.5 Å². The summed E-state index contributed by atoms with van der Waals surface area (Å²) in [4.78, 5) is 59.4. The van der Waals surface area contributed by atoms with Gasteiger partial charge < -0.3 is 33.5 Å². The summed E-state index contributed by atoms with van der Waals surface area (Å²) < 4.78 is 32.7. The predicted molar refractivity (Wildman–Crippen MR) is 115 cm³/mol. The average molecular weight is 496 g/mol. The van der Waals surface area contributed by atoms with Crippen molar-refractivity contribution in [3.63, 3.8) is 0 Å². The molecular formula is C23H28O12. The first-order chi connectivity index (χ1) is 16.4. The van der Waals surface area contributed by atoms with Crippen molar-refractivity contribution >= 4 is 29.7 Å². The van der Waals surface area contributed by atoms with Gasteiger partial charge in [0.25, 0.3) is 0 Å². The minimum absolute atomic E-state index is 0.0481. The number of aromatic hydroxyl groups is 1. The van der Waals surface area contributed by atoms with Gasteiger partial charge in [-0.25, -0.2) is 0 Å². The zero-order valence-electron chi connectivity index (χ0n) is 20.0. The van der Waals surface area contributed by atoms with Crippen molar-refractivity contribution in [2.24, 2.45) is 0 Å². The van der Waals surface area contributed by atoms with E-state index in [1.807, 2.05) is 0 Å². The molecule has 1 aromatic rings. The smallest absolute Gasteiger partial charge is 0.303 e. The Bertz CT molecular complexity index is 971. The molecule has 0 saturated carbocycles. The summed E-state index contributed by atoms with van der Waals surface area (Å²) in [6.45, 7) is 5.60. The number of Topliss-reactive ketones (excluding diaryl/α,β-unsaturated/α-hetero) is 1. The van der Waals surface area contributed by atoms with Gasteiger partial charge in [-0.1, -0.05) is 13.0 Å². The summed E-state index contributed by atoms with van der Waals surface area (Å²) in [5, 5.41) is 10.2. The molecule has 1 aliphatic heterocycles. The third-order valence-electron chi connectivity index (χ3n) is 4.80. The van der Waals surface area contributed by atoms with E-state index in [-0.39, 0.29) is 23.5 Å². The van der Waals surface area contributed by atoms with Crippen LogP contribution < -0.4 is 4.74 Å². The number of phenols is 1. The Kier molecular flexibility index (Phi) is 9.58. The molecule has 0 spiro atoms. The number of phenolic OH excluding ortho intramolecular Hbond substituents is 1. The largest absolute Gasteiger partial charge is 0.507 e. The molecule has 1 aromatic carbocycles. The van der Waals surface area contributed by atoms with E-state index >= 15 is 0 Å². The van der Waals surface area contributed by atoms with Gasteiger partial charge in [-0.05, 0) is 12.1 Å². The van der Waals surface area contributed by atoms with Crippen LogP contribution in [0.4, 0.5) is 0 Å². The van der Waals surface area contributed by atoms with Crippen LogP contribution in [0.1, 0.15) is 51.4 Å². The highest BCUT2D eigenvalue weighted by Crippen LogP contribution is 2.34. The third kappa shape index (κ3) is 7.41. The van der Waals surface area contributed by atoms with Crippen molar-refractivity contribution in [2.75, 3.05) is 6.61 Å². The molecule has 0 aromatic heterocycles. The van der Waals surface area contributed by atoms with Crippen LogP contribution in [0.2, 0.25) is 0 Å². The highest BCUT2D eigenvalue weighted by atomic mass is 16.7. The zero-order valence-corrected chi connectivity index (χ0v) is 20.0. The van der Waals surface area contributed by atoms with Crippen LogP contribution in [-0.4, -0.2) is 72.1 Å². The SMILES string of the molecule is CCC(=O)c1c(O)cccc1O[C@@H]1O[C@H](COC(C)=O)[C@@H](OC(C)=O)[C@H](OC(C)=O)[C@H]1OC(C)=O. The van der Waals surface area contributed by atoms with E-state index in [1.54, 1.807) is 6.92 Å². The number of carbonyl (C=O) groups excluding carboxylic acids is 5. The molecule has 12 nitrogen and oxygen atoms in total. The van der Waals surface area contributed by atoms with Crippen molar-refractivity contribution < 1.29 is 57.5 Å². The molecule has 1 heterocycles. The molecule has 1 saturated heterocycles. The summed E-state index contributed by atoms with van der Waals surface area (Å²) in [6.07, 6.45) is -6.94. The lowest BCUT2D eigenvalue weighted by Gasteiger charge is -2.44. The third-order valence-corrected chi connectivity index (χ3v) is 4.80. The van der Waals surface area contributed by atoms with Crippen molar-refractivity contribution in [3.05, 3.63) is 23.8 Å². The first kappa shape index (κ1) is 27.6. The molecule has 192 valence electrons. The fourth-order valence-electron chi connectivity index (χ4n) is 3.48. The Hall–Kier alpha value is -3.67. The second-order valence-corrected chi connectivity index (χ2v) is 7.61. The Labute approximate surface area is 201 Å². The summed E-state index contributed by atoms with van der Waals surface area (Å²) in [6, 6.07) is 4.10. The normalized spacial score (nSPS) is 23.5. The summed E-state index contributed by atoms with van der Waals surface area (Å²) in [7, 11) is 0. The molecule has 0 bridgehead atoms. The van der Waals surface area contributed by atoms with Gasteiger partial charge in [0, 0.05) is 34.1 Å². The summed E-state index contributed by atoms with van der Waals surface area (Å²) in [5.74, 6) is -3.92. The number of rotatable bonds is 9. The second kappa shape index (κ2) is 12.2. The minimum Gasteiger partial charge on any atom is -0.507 e. The molecular weight excluding hydrogens is 468 g/mol. The van der Waals surface area contributed by atoms with Crippen LogP contribution in [0.15, 0.2) is 18.2 Å². The number of ketones is 1. The van der Waals surface area contributed by atoms with Crippen LogP contribution in [-0.2, 0) is 42.9 Å². The van der Waals surface area contributed by atoms with Gasteiger partial charge in [-0.2, -0.15) is 0 Å². The van der Waals surface area contributed by atoms with Gasteiger partial charge in [0.1, 0.15) is 29.8 Å². The van der Waals surface area contributed by atoms with Crippen LogP contribution in [0.25, 0.3) is 0 Å². The standard InChI is InChI=1S/C23H28O12/c1-6-15(28)19-16(29)8-7-9-17(19)34-23-22(33-14(5)27)21(32-13(4)26)20(31-12(3)25)18(35-23)10-30-11(2)24/h7-9,18,20-23,29H,6,10H2,1-5H3/t18-,20-,21+,22-,23-/m1/s1. The lowest BCUT2D eigenvalue weighted by molar-refractivity contribution is -0.288. The predicted octanol–water partition coefficient (Wildman–Crippen LogP) is 1.45. The fraction of sp³-hybridized carbons (Fsp3) is 0.522. The van der Waals surface area contributed by atoms with E-state index in [0.717, 1.165) is 27.7 Å². The Morgan fingerprint density at radius 1 is 0.857 bits per heavy atom. The first-order valence-electron chi connectivity index (χ1n) is 10.8. The molecule has 1 fully saturated rings. The van der Waals surface area contributed by atoms with Gasteiger partial charge in [0.05, 0.1) is 0 Å². The highest BCUT2D eigenvalue weighted by Gasteiger charge is 2.53. The average Bonchev–Trinajstić information content (AvgIpc) is 2.75. The first-order valence-corrected chi connectivity index (χ1v) is 10.8. The topological polar surface area (TPSA) is 161 Å². The van der Waals surface area contributed by atoms with E-state index < -0.39 is 67.0 Å². The minimum atomic E-state index is -1.53. The molecule has 35 heavy (non-hydrogen) atoms. The van der Waals surface area contributed by atoms with Gasteiger partial charge >= 0.3 is 23.9 Å². The van der Waals surface area contributed by atoms with Gasteiger partial charge in [0.2, 0.25) is 12.4 Å². The maximum absolute atomic E-state index is 12.4. The van der Waals surface area contributed by atoms with Gasteiger partial charge in [-0.3, -0.25) is 24.0 Å². The van der Waals surface area contributed by atoms with Crippen LogP contribution in [0.3, 0.4) is 0 Å². The zero-order chi connectivity index (χ0) is 26.3. The molecule has 0 amide bonds. The Balaban J connectivity index is 2.56. The number of carbonyl (C=O) groups is 5. The summed E-state index contributed by atoms with van der Waals surface area (Å²) in [5.41, 5.74) is -0.136. The highest BCUT2D eigenvalue weighted by molar-refractivity contribution is 6.01.